The molecule has 0 aromatic carbocycles. The van der Waals surface area contributed by atoms with E-state index >= 15 is 0 Å². The molecule has 0 amide bonds. The topological polar surface area (TPSA) is 123 Å². The number of hydrogen-bond acceptors (Lipinski definition) is 8. The molecule has 1 unspecified atom stereocenters. The predicted molar refractivity (Wildman–Crippen MR) is 81.2 cm³/mol. The first-order chi connectivity index (χ1) is 11.7. The Bertz CT molecular complexity index is 717. The van der Waals surface area contributed by atoms with E-state index in [9.17, 15) is 15.3 Å². The van der Waals surface area contributed by atoms with Crippen molar-refractivity contribution >= 4 is 11.2 Å². The fourth-order valence-corrected chi connectivity index (χ4v) is 3.38. The Morgan fingerprint density at radius 1 is 1.17 bits per heavy atom. The van der Waals surface area contributed by atoms with Crippen LogP contribution in [0.15, 0.2) is 12.7 Å². The lowest BCUT2D eigenvalue weighted by Crippen LogP contribution is -2.33. The first kappa shape index (κ1) is 15.7. The van der Waals surface area contributed by atoms with E-state index < -0.39 is 24.5 Å². The Kier molecular flexibility index (Phi) is 4.09. The van der Waals surface area contributed by atoms with E-state index in [1.54, 1.807) is 0 Å². The Hall–Kier alpha value is -1.81. The third-order valence-electron chi connectivity index (χ3n) is 4.70. The number of hydrogen-bond donors (Lipinski definition) is 3. The van der Waals surface area contributed by atoms with Gasteiger partial charge < -0.3 is 24.8 Å². The molecule has 3 N–H and O–H groups in total. The smallest absolute Gasteiger partial charge is 0.245 e. The Labute approximate surface area is 137 Å². The SMILES string of the molecule is OC[C@H]1OC(n2cnc3c(OC4CCCC4)ncnc32)[C@H](O)[C@@H]1O. The van der Waals surface area contributed by atoms with Crippen molar-refractivity contribution in [1.29, 1.82) is 0 Å². The van der Waals surface area contributed by atoms with Crippen LogP contribution in [-0.2, 0) is 4.74 Å². The maximum absolute atomic E-state index is 10.2. The summed E-state index contributed by atoms with van der Waals surface area (Å²) >= 11 is 0. The van der Waals surface area contributed by atoms with Crippen LogP contribution >= 0.6 is 0 Å². The van der Waals surface area contributed by atoms with Crippen LogP contribution in [0, 0.1) is 0 Å². The fourth-order valence-electron chi connectivity index (χ4n) is 3.38. The minimum atomic E-state index is -1.19. The van der Waals surface area contributed by atoms with Crippen molar-refractivity contribution in [3.63, 3.8) is 0 Å². The van der Waals surface area contributed by atoms with Crippen molar-refractivity contribution < 1.29 is 24.8 Å². The van der Waals surface area contributed by atoms with Crippen LogP contribution in [0.3, 0.4) is 0 Å². The maximum atomic E-state index is 10.2. The molecule has 2 aromatic rings. The third-order valence-corrected chi connectivity index (χ3v) is 4.70. The Morgan fingerprint density at radius 2 is 1.96 bits per heavy atom. The van der Waals surface area contributed by atoms with Gasteiger partial charge in [-0.3, -0.25) is 4.57 Å². The molecule has 2 aromatic heterocycles. The van der Waals surface area contributed by atoms with Gasteiger partial charge in [-0.1, -0.05) is 0 Å². The molecular weight excluding hydrogens is 316 g/mol. The Balaban J connectivity index is 1.65. The van der Waals surface area contributed by atoms with E-state index in [1.165, 1.54) is 17.2 Å². The molecule has 9 nitrogen and oxygen atoms in total. The highest BCUT2D eigenvalue weighted by molar-refractivity contribution is 5.76. The van der Waals surface area contributed by atoms with Gasteiger partial charge in [0.2, 0.25) is 5.88 Å². The lowest BCUT2D eigenvalue weighted by Gasteiger charge is -2.16. The van der Waals surface area contributed by atoms with Crippen molar-refractivity contribution in [2.75, 3.05) is 6.61 Å². The summed E-state index contributed by atoms with van der Waals surface area (Å²) in [6.45, 7) is -0.383. The molecule has 4 rings (SSSR count). The summed E-state index contributed by atoms with van der Waals surface area (Å²) in [4.78, 5) is 12.7. The summed E-state index contributed by atoms with van der Waals surface area (Å²) in [5, 5.41) is 29.3. The van der Waals surface area contributed by atoms with Gasteiger partial charge in [0.25, 0.3) is 0 Å². The summed E-state index contributed by atoms with van der Waals surface area (Å²) in [6.07, 6.45) is 3.21. The van der Waals surface area contributed by atoms with E-state index in [-0.39, 0.29) is 12.7 Å². The van der Waals surface area contributed by atoms with E-state index in [4.69, 9.17) is 9.47 Å². The van der Waals surface area contributed by atoms with Crippen molar-refractivity contribution in [3.8, 4) is 5.88 Å². The van der Waals surface area contributed by atoms with Crippen LogP contribution in [-0.4, -0.2) is 65.9 Å². The van der Waals surface area contributed by atoms with Gasteiger partial charge in [-0.05, 0) is 25.7 Å². The maximum Gasteiger partial charge on any atom is 0.245 e. The zero-order valence-corrected chi connectivity index (χ0v) is 13.0. The molecule has 2 fully saturated rings. The highest BCUT2D eigenvalue weighted by Crippen LogP contribution is 2.33. The van der Waals surface area contributed by atoms with Gasteiger partial charge in [-0.2, -0.15) is 4.98 Å². The van der Waals surface area contributed by atoms with Gasteiger partial charge in [-0.15, -0.1) is 0 Å². The first-order valence-corrected chi connectivity index (χ1v) is 8.15. The van der Waals surface area contributed by atoms with E-state index in [2.05, 4.69) is 15.0 Å². The van der Waals surface area contributed by atoms with Gasteiger partial charge in [0.1, 0.15) is 30.7 Å². The van der Waals surface area contributed by atoms with Crippen molar-refractivity contribution in [3.05, 3.63) is 12.7 Å². The van der Waals surface area contributed by atoms with Crippen LogP contribution in [0.25, 0.3) is 11.2 Å². The molecular formula is C15H20N4O5. The summed E-state index contributed by atoms with van der Waals surface area (Å²) in [5.41, 5.74) is 0.940. The average Bonchev–Trinajstić information content (AvgIpc) is 3.30. The largest absolute Gasteiger partial charge is 0.473 e. The number of aromatic nitrogens is 4. The van der Waals surface area contributed by atoms with Crippen LogP contribution < -0.4 is 4.74 Å². The summed E-state index contributed by atoms with van der Waals surface area (Å²) in [5.74, 6) is 0.414. The van der Waals surface area contributed by atoms with Crippen LogP contribution in [0.5, 0.6) is 5.88 Å². The summed E-state index contributed by atoms with van der Waals surface area (Å²) in [7, 11) is 0. The zero-order valence-electron chi connectivity index (χ0n) is 13.0. The monoisotopic (exact) mass is 336 g/mol. The second-order valence-electron chi connectivity index (χ2n) is 6.26. The molecule has 24 heavy (non-hydrogen) atoms. The molecule has 1 saturated heterocycles. The third kappa shape index (κ3) is 2.53. The van der Waals surface area contributed by atoms with Crippen LogP contribution in [0.1, 0.15) is 31.9 Å². The number of ether oxygens (including phenoxy) is 2. The molecule has 1 aliphatic carbocycles. The number of nitrogens with zero attached hydrogens (tertiary/aromatic N) is 4. The quantitative estimate of drug-likeness (QED) is 0.699. The number of imidazole rings is 1. The van der Waals surface area contributed by atoms with Gasteiger partial charge in [0.15, 0.2) is 17.4 Å². The summed E-state index contributed by atoms with van der Waals surface area (Å²) in [6, 6.07) is 0. The molecule has 0 spiro atoms. The van der Waals surface area contributed by atoms with Crippen molar-refractivity contribution in [2.45, 2.75) is 56.3 Å². The minimum absolute atomic E-state index is 0.141. The molecule has 0 radical (unpaired) electrons. The van der Waals surface area contributed by atoms with Gasteiger partial charge >= 0.3 is 0 Å². The highest BCUT2D eigenvalue weighted by Gasteiger charge is 2.44. The molecule has 3 heterocycles. The fraction of sp³-hybridized carbons (Fsp3) is 0.667. The lowest BCUT2D eigenvalue weighted by atomic mass is 10.1. The predicted octanol–water partition coefficient (Wildman–Crippen LogP) is -0.241. The molecule has 9 heteroatoms. The van der Waals surface area contributed by atoms with Crippen LogP contribution in [0.4, 0.5) is 0 Å². The first-order valence-electron chi connectivity index (χ1n) is 8.15. The molecule has 2 aliphatic rings. The number of aliphatic hydroxyl groups is 3. The molecule has 1 aliphatic heterocycles. The van der Waals surface area contributed by atoms with E-state index in [0.717, 1.165) is 25.7 Å². The number of fused-ring (bicyclic) bond motifs is 1. The zero-order chi connectivity index (χ0) is 16.7. The van der Waals surface area contributed by atoms with E-state index in [1.807, 2.05) is 0 Å². The lowest BCUT2D eigenvalue weighted by molar-refractivity contribution is -0.0511. The molecule has 1 saturated carbocycles. The normalized spacial score (nSPS) is 31.1. The van der Waals surface area contributed by atoms with Gasteiger partial charge in [0, 0.05) is 0 Å². The van der Waals surface area contributed by atoms with Crippen molar-refractivity contribution in [1.82, 2.24) is 19.5 Å². The average molecular weight is 336 g/mol. The van der Waals surface area contributed by atoms with Crippen LogP contribution in [0.2, 0.25) is 0 Å². The summed E-state index contributed by atoms with van der Waals surface area (Å²) < 4.78 is 13.0. The minimum Gasteiger partial charge on any atom is -0.473 e. The second kappa shape index (κ2) is 6.25. The van der Waals surface area contributed by atoms with E-state index in [0.29, 0.717) is 17.0 Å². The Morgan fingerprint density at radius 3 is 2.67 bits per heavy atom. The van der Waals surface area contributed by atoms with Gasteiger partial charge in [-0.25, -0.2) is 9.97 Å². The second-order valence-corrected chi connectivity index (χ2v) is 6.26. The molecule has 130 valence electrons. The van der Waals surface area contributed by atoms with Crippen molar-refractivity contribution in [2.24, 2.45) is 0 Å². The van der Waals surface area contributed by atoms with Gasteiger partial charge in [0.05, 0.1) is 12.9 Å². The standard InChI is InChI=1S/C15H20N4O5/c20-5-9-11(21)12(22)15(24-9)19-7-18-10-13(19)16-6-17-14(10)23-8-3-1-2-4-8/h6-9,11-12,15,20-22H,1-5H2/t9-,11-,12-,15?/m1/s1. The molecule has 4 atom stereocenters. The highest BCUT2D eigenvalue weighted by atomic mass is 16.6. The number of aliphatic hydroxyl groups excluding tert-OH is 3. The number of rotatable bonds is 4. The molecule has 0 bridgehead atoms.